The van der Waals surface area contributed by atoms with Crippen molar-refractivity contribution in [2.24, 2.45) is 5.92 Å². The maximum Gasteiger partial charge on any atom is 0.339 e. The Labute approximate surface area is 142 Å². The van der Waals surface area contributed by atoms with Gasteiger partial charge in [0.05, 0.1) is 18.4 Å². The molecule has 0 heterocycles. The Kier molecular flexibility index (Phi) is 6.05. The molecule has 2 aromatic rings. The first-order chi connectivity index (χ1) is 11.0. The van der Waals surface area contributed by atoms with Gasteiger partial charge in [0.25, 0.3) is 0 Å². The molecule has 0 aromatic heterocycles. The molecule has 0 spiro atoms. The number of halogens is 1. The van der Waals surface area contributed by atoms with Crippen molar-refractivity contribution in [3.63, 3.8) is 0 Å². The summed E-state index contributed by atoms with van der Waals surface area (Å²) < 4.78 is 4.86. The number of hydrogen-bond acceptors (Lipinski definition) is 3. The second kappa shape index (κ2) is 8.02. The van der Waals surface area contributed by atoms with E-state index in [1.165, 1.54) is 12.7 Å². The summed E-state index contributed by atoms with van der Waals surface area (Å²) in [6, 6.07) is 15.5. The van der Waals surface area contributed by atoms with Crippen LogP contribution in [0, 0.1) is 5.92 Å². The number of methoxy groups -OCH3 is 1. The molecule has 23 heavy (non-hydrogen) atoms. The van der Waals surface area contributed by atoms with Gasteiger partial charge in [-0.3, -0.25) is 0 Å². The van der Waals surface area contributed by atoms with Crippen molar-refractivity contribution in [2.45, 2.75) is 13.3 Å². The second-order valence-electron chi connectivity index (χ2n) is 5.83. The highest BCUT2D eigenvalue weighted by Gasteiger charge is 2.16. The molecule has 2 rings (SSSR count). The van der Waals surface area contributed by atoms with Gasteiger partial charge in [-0.25, -0.2) is 4.79 Å². The van der Waals surface area contributed by atoms with E-state index in [0.29, 0.717) is 11.5 Å². The van der Waals surface area contributed by atoms with Gasteiger partial charge < -0.3 is 9.64 Å². The predicted octanol–water partition coefficient (Wildman–Crippen LogP) is 4.44. The number of nitrogens with zero attached hydrogens (tertiary/aromatic N) is 1. The fourth-order valence-corrected chi connectivity index (χ4v) is 2.87. The summed E-state index contributed by atoms with van der Waals surface area (Å²) >= 11 is 5.92. The van der Waals surface area contributed by atoms with Crippen LogP contribution in [0.3, 0.4) is 0 Å². The van der Waals surface area contributed by atoms with Crippen molar-refractivity contribution >= 4 is 23.3 Å². The van der Waals surface area contributed by atoms with Crippen LogP contribution in [0.15, 0.2) is 48.5 Å². The standard InChI is InChI=1S/C19H22ClNO2/c1-14(12-15-8-10-16(20)11-9-15)13-21(2)18-7-5-4-6-17(18)19(22)23-3/h4-11,14H,12-13H2,1-3H3. The summed E-state index contributed by atoms with van der Waals surface area (Å²) in [5.41, 5.74) is 2.75. The zero-order chi connectivity index (χ0) is 16.8. The number of esters is 1. The van der Waals surface area contributed by atoms with Gasteiger partial charge in [-0.15, -0.1) is 0 Å². The second-order valence-corrected chi connectivity index (χ2v) is 6.26. The minimum atomic E-state index is -0.308. The number of hydrogen-bond donors (Lipinski definition) is 0. The highest BCUT2D eigenvalue weighted by molar-refractivity contribution is 6.30. The van der Waals surface area contributed by atoms with Crippen LogP contribution in [0.4, 0.5) is 5.69 Å². The van der Waals surface area contributed by atoms with Gasteiger partial charge >= 0.3 is 5.97 Å². The molecular weight excluding hydrogens is 310 g/mol. The summed E-state index contributed by atoms with van der Waals surface area (Å²) in [6.45, 7) is 3.04. The number of ether oxygens (including phenoxy) is 1. The molecule has 0 saturated carbocycles. The van der Waals surface area contributed by atoms with Gasteiger partial charge in [-0.1, -0.05) is 42.8 Å². The van der Waals surface area contributed by atoms with Crippen molar-refractivity contribution in [3.8, 4) is 0 Å². The molecule has 0 fully saturated rings. The summed E-state index contributed by atoms with van der Waals surface area (Å²) in [7, 11) is 3.41. The average molecular weight is 332 g/mol. The highest BCUT2D eigenvalue weighted by atomic mass is 35.5. The van der Waals surface area contributed by atoms with Crippen LogP contribution >= 0.6 is 11.6 Å². The van der Waals surface area contributed by atoms with Gasteiger partial charge in [0, 0.05) is 18.6 Å². The molecule has 2 aromatic carbocycles. The quantitative estimate of drug-likeness (QED) is 0.733. The molecule has 0 aliphatic rings. The molecule has 0 amide bonds. The van der Waals surface area contributed by atoms with Gasteiger partial charge in [0.2, 0.25) is 0 Å². The maximum atomic E-state index is 11.9. The number of para-hydroxylation sites is 1. The third-order valence-electron chi connectivity index (χ3n) is 3.80. The van der Waals surface area contributed by atoms with Crippen molar-refractivity contribution < 1.29 is 9.53 Å². The molecule has 0 aliphatic heterocycles. The first kappa shape index (κ1) is 17.4. The normalized spacial score (nSPS) is 11.8. The van der Waals surface area contributed by atoms with Crippen molar-refractivity contribution in [1.82, 2.24) is 0 Å². The number of carbonyl (C=O) groups is 1. The summed E-state index contributed by atoms with van der Waals surface area (Å²) in [6.07, 6.45) is 0.960. The summed E-state index contributed by atoms with van der Waals surface area (Å²) in [5, 5.41) is 0.755. The molecule has 1 atom stereocenters. The third kappa shape index (κ3) is 4.73. The van der Waals surface area contributed by atoms with Crippen LogP contribution in [0.5, 0.6) is 0 Å². The van der Waals surface area contributed by atoms with Crippen molar-refractivity contribution in [3.05, 3.63) is 64.7 Å². The van der Waals surface area contributed by atoms with E-state index in [0.717, 1.165) is 23.7 Å². The van der Waals surface area contributed by atoms with Crippen LogP contribution in [-0.4, -0.2) is 26.7 Å². The van der Waals surface area contributed by atoms with Crippen LogP contribution in [-0.2, 0) is 11.2 Å². The number of carbonyl (C=O) groups excluding carboxylic acids is 1. The monoisotopic (exact) mass is 331 g/mol. The fourth-order valence-electron chi connectivity index (χ4n) is 2.74. The van der Waals surface area contributed by atoms with Gasteiger partial charge in [0.1, 0.15) is 0 Å². The van der Waals surface area contributed by atoms with Gasteiger partial charge in [-0.05, 0) is 42.2 Å². The average Bonchev–Trinajstić information content (AvgIpc) is 2.56. The van der Waals surface area contributed by atoms with E-state index < -0.39 is 0 Å². The Morgan fingerprint density at radius 2 is 1.83 bits per heavy atom. The minimum absolute atomic E-state index is 0.308. The Balaban J connectivity index is 2.05. The zero-order valence-electron chi connectivity index (χ0n) is 13.8. The van der Waals surface area contributed by atoms with Crippen LogP contribution in [0.1, 0.15) is 22.8 Å². The van der Waals surface area contributed by atoms with Crippen molar-refractivity contribution in [2.75, 3.05) is 25.6 Å². The van der Waals surface area contributed by atoms with Gasteiger partial charge in [0.15, 0.2) is 0 Å². The molecule has 122 valence electrons. The molecule has 1 unspecified atom stereocenters. The first-order valence-electron chi connectivity index (χ1n) is 7.64. The van der Waals surface area contributed by atoms with Crippen LogP contribution in [0.25, 0.3) is 0 Å². The van der Waals surface area contributed by atoms with Crippen molar-refractivity contribution in [1.29, 1.82) is 0 Å². The fraction of sp³-hybridized carbons (Fsp3) is 0.316. The highest BCUT2D eigenvalue weighted by Crippen LogP contribution is 2.22. The molecule has 0 aliphatic carbocycles. The number of rotatable bonds is 6. The lowest BCUT2D eigenvalue weighted by atomic mass is 10.0. The van der Waals surface area contributed by atoms with E-state index in [4.69, 9.17) is 16.3 Å². The summed E-state index contributed by atoms with van der Waals surface area (Å²) in [4.78, 5) is 14.0. The van der Waals surface area contributed by atoms with Crippen LogP contribution < -0.4 is 4.90 Å². The number of anilines is 1. The Morgan fingerprint density at radius 1 is 1.17 bits per heavy atom. The van der Waals surface area contributed by atoms with E-state index >= 15 is 0 Å². The molecule has 0 N–H and O–H groups in total. The maximum absolute atomic E-state index is 11.9. The van der Waals surface area contributed by atoms with E-state index in [1.54, 1.807) is 6.07 Å². The Hall–Kier alpha value is -2.00. The smallest absolute Gasteiger partial charge is 0.339 e. The number of benzene rings is 2. The Bertz CT molecular complexity index is 655. The molecule has 3 nitrogen and oxygen atoms in total. The van der Waals surface area contributed by atoms with Gasteiger partial charge in [-0.2, -0.15) is 0 Å². The largest absolute Gasteiger partial charge is 0.465 e. The molecule has 4 heteroatoms. The third-order valence-corrected chi connectivity index (χ3v) is 4.06. The van der Waals surface area contributed by atoms with Crippen LogP contribution in [0.2, 0.25) is 5.02 Å². The zero-order valence-corrected chi connectivity index (χ0v) is 14.5. The lowest BCUT2D eigenvalue weighted by Crippen LogP contribution is -2.26. The van der Waals surface area contributed by atoms with E-state index in [9.17, 15) is 4.79 Å². The van der Waals surface area contributed by atoms with E-state index in [-0.39, 0.29) is 5.97 Å². The molecule has 0 bridgehead atoms. The predicted molar refractivity (Wildman–Crippen MR) is 95.4 cm³/mol. The first-order valence-corrected chi connectivity index (χ1v) is 8.02. The molecule has 0 saturated heterocycles. The van der Waals surface area contributed by atoms with E-state index in [2.05, 4.69) is 24.0 Å². The Morgan fingerprint density at radius 3 is 2.48 bits per heavy atom. The van der Waals surface area contributed by atoms with E-state index in [1.807, 2.05) is 37.4 Å². The molecule has 0 radical (unpaired) electrons. The molecular formula is C19H22ClNO2. The topological polar surface area (TPSA) is 29.5 Å². The SMILES string of the molecule is COC(=O)c1ccccc1N(C)CC(C)Cc1ccc(Cl)cc1. The minimum Gasteiger partial charge on any atom is -0.465 e. The lowest BCUT2D eigenvalue weighted by Gasteiger charge is -2.25. The summed E-state index contributed by atoms with van der Waals surface area (Å²) in [5.74, 6) is 0.129. The lowest BCUT2D eigenvalue weighted by molar-refractivity contribution is 0.0601.